The van der Waals surface area contributed by atoms with Crippen LogP contribution in [0.15, 0.2) is 12.1 Å². The van der Waals surface area contributed by atoms with Crippen LogP contribution in [0.4, 0.5) is 0 Å². The maximum atomic E-state index is 6.01. The summed E-state index contributed by atoms with van der Waals surface area (Å²) in [5.41, 5.74) is 6.94. The third kappa shape index (κ3) is 2.39. The molecule has 0 fully saturated rings. The van der Waals surface area contributed by atoms with Crippen LogP contribution in [0.1, 0.15) is 24.9 Å². The summed E-state index contributed by atoms with van der Waals surface area (Å²) in [6, 6.07) is 3.60. The van der Waals surface area contributed by atoms with Gasteiger partial charge in [0.1, 0.15) is 5.75 Å². The van der Waals surface area contributed by atoms with Crippen LogP contribution in [0.2, 0.25) is 0 Å². The Bertz CT molecular complexity index is 352. The van der Waals surface area contributed by atoms with Crippen molar-refractivity contribution in [1.82, 2.24) is 0 Å². The predicted octanol–water partition coefficient (Wildman–Crippen LogP) is 2.12. The lowest BCUT2D eigenvalue weighted by Crippen LogP contribution is -2.10. The number of benzene rings is 1. The number of hydrogen-bond acceptors (Lipinski definition) is 4. The minimum atomic E-state index is -0.0604. The quantitative estimate of drug-likeness (QED) is 0.834. The Morgan fingerprint density at radius 3 is 1.94 bits per heavy atom. The minimum absolute atomic E-state index is 0.0604. The second-order valence-electron chi connectivity index (χ2n) is 3.46. The number of methoxy groups -OCH3 is 3. The molecule has 90 valence electrons. The lowest BCUT2D eigenvalue weighted by atomic mass is 10.0. The number of ether oxygens (including phenoxy) is 3. The fourth-order valence-corrected chi connectivity index (χ4v) is 1.56. The highest BCUT2D eigenvalue weighted by Gasteiger charge is 2.15. The number of rotatable bonds is 5. The first-order chi connectivity index (χ1) is 7.67. The van der Waals surface area contributed by atoms with Gasteiger partial charge in [0.15, 0.2) is 11.5 Å². The van der Waals surface area contributed by atoms with Crippen molar-refractivity contribution in [2.24, 2.45) is 5.73 Å². The summed E-state index contributed by atoms with van der Waals surface area (Å²) in [5, 5.41) is 0. The maximum absolute atomic E-state index is 6.01. The zero-order chi connectivity index (χ0) is 12.1. The normalized spacial score (nSPS) is 12.1. The second-order valence-corrected chi connectivity index (χ2v) is 3.46. The fourth-order valence-electron chi connectivity index (χ4n) is 1.56. The van der Waals surface area contributed by atoms with Crippen LogP contribution in [0, 0.1) is 0 Å². The van der Waals surface area contributed by atoms with Gasteiger partial charge in [0.05, 0.1) is 21.3 Å². The van der Waals surface area contributed by atoms with Crippen LogP contribution in [-0.2, 0) is 0 Å². The van der Waals surface area contributed by atoms with Crippen LogP contribution in [0.3, 0.4) is 0 Å². The highest BCUT2D eigenvalue weighted by molar-refractivity contribution is 5.51. The summed E-state index contributed by atoms with van der Waals surface area (Å²) in [4.78, 5) is 0. The summed E-state index contributed by atoms with van der Waals surface area (Å²) < 4.78 is 15.7. The smallest absolute Gasteiger partial charge is 0.164 e. The molecule has 16 heavy (non-hydrogen) atoms. The van der Waals surface area contributed by atoms with Crippen LogP contribution >= 0.6 is 0 Å². The van der Waals surface area contributed by atoms with E-state index in [0.717, 1.165) is 17.7 Å². The Kier molecular flexibility index (Phi) is 4.43. The molecule has 0 saturated heterocycles. The van der Waals surface area contributed by atoms with Crippen molar-refractivity contribution in [3.63, 3.8) is 0 Å². The van der Waals surface area contributed by atoms with Crippen LogP contribution in [-0.4, -0.2) is 21.3 Å². The molecule has 0 spiro atoms. The molecule has 0 aliphatic heterocycles. The highest BCUT2D eigenvalue weighted by Crippen LogP contribution is 2.37. The van der Waals surface area contributed by atoms with Crippen molar-refractivity contribution in [3.8, 4) is 17.2 Å². The molecule has 0 heterocycles. The van der Waals surface area contributed by atoms with E-state index in [-0.39, 0.29) is 6.04 Å². The van der Waals surface area contributed by atoms with Crippen molar-refractivity contribution in [1.29, 1.82) is 0 Å². The lowest BCUT2D eigenvalue weighted by Gasteiger charge is -2.17. The van der Waals surface area contributed by atoms with Crippen molar-refractivity contribution >= 4 is 0 Å². The third-order valence-electron chi connectivity index (χ3n) is 2.58. The molecule has 1 aromatic rings. The first-order valence-electron chi connectivity index (χ1n) is 5.23. The van der Waals surface area contributed by atoms with E-state index in [4.69, 9.17) is 19.9 Å². The van der Waals surface area contributed by atoms with Crippen LogP contribution in [0.25, 0.3) is 0 Å². The van der Waals surface area contributed by atoms with Gasteiger partial charge >= 0.3 is 0 Å². The Labute approximate surface area is 96.3 Å². The van der Waals surface area contributed by atoms with Crippen LogP contribution < -0.4 is 19.9 Å². The topological polar surface area (TPSA) is 53.7 Å². The van der Waals surface area contributed by atoms with E-state index in [2.05, 4.69) is 0 Å². The Morgan fingerprint density at radius 1 is 1.00 bits per heavy atom. The number of hydrogen-bond donors (Lipinski definition) is 1. The van der Waals surface area contributed by atoms with E-state index in [0.29, 0.717) is 11.5 Å². The summed E-state index contributed by atoms with van der Waals surface area (Å²) >= 11 is 0. The van der Waals surface area contributed by atoms with E-state index in [9.17, 15) is 0 Å². The van der Waals surface area contributed by atoms with Gasteiger partial charge in [-0.15, -0.1) is 0 Å². The van der Waals surface area contributed by atoms with Crippen LogP contribution in [0.5, 0.6) is 17.2 Å². The van der Waals surface area contributed by atoms with Gasteiger partial charge in [-0.3, -0.25) is 0 Å². The summed E-state index contributed by atoms with van der Waals surface area (Å²) in [6.07, 6.45) is 0.839. The molecule has 0 bridgehead atoms. The Hall–Kier alpha value is -1.42. The van der Waals surface area contributed by atoms with Gasteiger partial charge in [-0.1, -0.05) is 6.92 Å². The molecule has 4 heteroatoms. The molecule has 1 rings (SSSR count). The maximum Gasteiger partial charge on any atom is 0.164 e. The molecule has 0 unspecified atom stereocenters. The summed E-state index contributed by atoms with van der Waals surface area (Å²) in [7, 11) is 4.81. The molecule has 0 aliphatic carbocycles. The zero-order valence-electron chi connectivity index (χ0n) is 10.2. The molecular formula is C12H19NO3. The van der Waals surface area contributed by atoms with Gasteiger partial charge in [-0.2, -0.15) is 0 Å². The standard InChI is InChI=1S/C12H19NO3/c1-5-9(13)8-6-11(15-3)12(16-4)7-10(8)14-2/h6-7,9H,5,13H2,1-4H3/t9-/m0/s1. The molecule has 0 aromatic heterocycles. The first-order valence-corrected chi connectivity index (χ1v) is 5.23. The predicted molar refractivity (Wildman–Crippen MR) is 63.3 cm³/mol. The molecular weight excluding hydrogens is 206 g/mol. The van der Waals surface area contributed by atoms with Gasteiger partial charge in [-0.05, 0) is 12.5 Å². The third-order valence-corrected chi connectivity index (χ3v) is 2.58. The van der Waals surface area contributed by atoms with E-state index >= 15 is 0 Å². The van der Waals surface area contributed by atoms with E-state index in [1.165, 1.54) is 0 Å². The zero-order valence-corrected chi connectivity index (χ0v) is 10.2. The monoisotopic (exact) mass is 225 g/mol. The lowest BCUT2D eigenvalue weighted by molar-refractivity contribution is 0.346. The molecule has 0 radical (unpaired) electrons. The van der Waals surface area contributed by atoms with Crippen molar-refractivity contribution in [2.75, 3.05) is 21.3 Å². The molecule has 0 saturated carbocycles. The van der Waals surface area contributed by atoms with E-state index in [1.54, 1.807) is 27.4 Å². The second kappa shape index (κ2) is 5.61. The molecule has 1 aromatic carbocycles. The molecule has 0 amide bonds. The van der Waals surface area contributed by atoms with Gasteiger partial charge in [0.2, 0.25) is 0 Å². The fraction of sp³-hybridized carbons (Fsp3) is 0.500. The van der Waals surface area contributed by atoms with Crippen molar-refractivity contribution < 1.29 is 14.2 Å². The number of nitrogens with two attached hydrogens (primary N) is 1. The largest absolute Gasteiger partial charge is 0.496 e. The molecule has 4 nitrogen and oxygen atoms in total. The van der Waals surface area contributed by atoms with Gasteiger partial charge < -0.3 is 19.9 Å². The van der Waals surface area contributed by atoms with Gasteiger partial charge in [0, 0.05) is 17.7 Å². The van der Waals surface area contributed by atoms with Gasteiger partial charge in [-0.25, -0.2) is 0 Å². The van der Waals surface area contributed by atoms with E-state index in [1.807, 2.05) is 13.0 Å². The Morgan fingerprint density at radius 2 is 1.50 bits per heavy atom. The minimum Gasteiger partial charge on any atom is -0.496 e. The average Bonchev–Trinajstić information content (AvgIpc) is 2.35. The Balaban J connectivity index is 3.25. The molecule has 2 N–H and O–H groups in total. The molecule has 0 aliphatic rings. The average molecular weight is 225 g/mol. The highest BCUT2D eigenvalue weighted by atomic mass is 16.5. The van der Waals surface area contributed by atoms with E-state index < -0.39 is 0 Å². The SMILES string of the molecule is CC[C@H](N)c1cc(OC)c(OC)cc1OC. The van der Waals surface area contributed by atoms with Crippen molar-refractivity contribution in [3.05, 3.63) is 17.7 Å². The summed E-state index contributed by atoms with van der Waals surface area (Å²) in [6.45, 7) is 2.03. The molecule has 1 atom stereocenters. The van der Waals surface area contributed by atoms with Gasteiger partial charge in [0.25, 0.3) is 0 Å². The van der Waals surface area contributed by atoms with Crippen molar-refractivity contribution in [2.45, 2.75) is 19.4 Å². The summed E-state index contributed by atoms with van der Waals surface area (Å²) in [5.74, 6) is 2.04. The first kappa shape index (κ1) is 12.6.